The monoisotopic (exact) mass is 309 g/mol. The first-order valence-electron chi connectivity index (χ1n) is 6.22. The van der Waals surface area contributed by atoms with Crippen LogP contribution in [0.5, 0.6) is 11.5 Å². The van der Waals surface area contributed by atoms with Crippen LogP contribution in [0.2, 0.25) is 5.02 Å². The molecule has 0 aliphatic carbocycles. The summed E-state index contributed by atoms with van der Waals surface area (Å²) in [7, 11) is 3.03. The van der Waals surface area contributed by atoms with Crippen LogP contribution in [0.4, 0.5) is 5.69 Å². The number of halogens is 1. The van der Waals surface area contributed by atoms with Crippen LogP contribution in [-0.2, 0) is 0 Å². The summed E-state index contributed by atoms with van der Waals surface area (Å²) in [5, 5.41) is 9.88. The smallest absolute Gasteiger partial charge is 0.259 e. The van der Waals surface area contributed by atoms with Gasteiger partial charge in [-0.05, 0) is 13.8 Å². The van der Waals surface area contributed by atoms with Crippen LogP contribution < -0.4 is 14.8 Å². The summed E-state index contributed by atoms with van der Waals surface area (Å²) in [5.41, 5.74) is 2.27. The average Bonchev–Trinajstić information content (AvgIpc) is 2.79. The van der Waals surface area contributed by atoms with Crippen LogP contribution in [0.3, 0.4) is 0 Å². The summed E-state index contributed by atoms with van der Waals surface area (Å²) in [6, 6.07) is 3.20. The molecule has 0 aliphatic rings. The molecule has 1 aromatic heterocycles. The number of aromatic amines is 1. The van der Waals surface area contributed by atoms with Crippen molar-refractivity contribution in [1.82, 2.24) is 10.2 Å². The van der Waals surface area contributed by atoms with Crippen molar-refractivity contribution in [2.75, 3.05) is 19.5 Å². The predicted molar refractivity (Wildman–Crippen MR) is 80.6 cm³/mol. The number of methoxy groups -OCH3 is 2. The minimum absolute atomic E-state index is 0.284. The van der Waals surface area contributed by atoms with E-state index in [2.05, 4.69) is 15.5 Å². The van der Waals surface area contributed by atoms with Crippen LogP contribution in [-0.4, -0.2) is 30.3 Å². The molecule has 0 saturated heterocycles. The third-order valence-electron chi connectivity index (χ3n) is 3.08. The zero-order valence-electron chi connectivity index (χ0n) is 12.2. The van der Waals surface area contributed by atoms with Crippen molar-refractivity contribution in [3.05, 3.63) is 34.1 Å². The number of carbonyl (C=O) groups excluding carboxylic acids is 1. The van der Waals surface area contributed by atoms with Crippen molar-refractivity contribution >= 4 is 23.2 Å². The average molecular weight is 310 g/mol. The van der Waals surface area contributed by atoms with Gasteiger partial charge in [0.1, 0.15) is 0 Å². The highest BCUT2D eigenvalue weighted by Gasteiger charge is 2.18. The Balaban J connectivity index is 2.33. The van der Waals surface area contributed by atoms with Crippen molar-refractivity contribution in [2.24, 2.45) is 0 Å². The van der Waals surface area contributed by atoms with Crippen LogP contribution in [0, 0.1) is 13.8 Å². The molecule has 7 heteroatoms. The van der Waals surface area contributed by atoms with Gasteiger partial charge in [0.2, 0.25) is 0 Å². The summed E-state index contributed by atoms with van der Waals surface area (Å²) in [5.74, 6) is 0.696. The van der Waals surface area contributed by atoms with Crippen molar-refractivity contribution < 1.29 is 14.3 Å². The second-order valence-corrected chi connectivity index (χ2v) is 4.86. The Hall–Kier alpha value is -2.21. The lowest BCUT2D eigenvalue weighted by atomic mass is 10.2. The zero-order valence-corrected chi connectivity index (χ0v) is 13.0. The van der Waals surface area contributed by atoms with Gasteiger partial charge >= 0.3 is 0 Å². The maximum absolute atomic E-state index is 12.3. The second kappa shape index (κ2) is 6.05. The van der Waals surface area contributed by atoms with E-state index in [1.165, 1.54) is 14.2 Å². The van der Waals surface area contributed by atoms with Gasteiger partial charge in [-0.1, -0.05) is 11.6 Å². The third kappa shape index (κ3) is 2.95. The number of ether oxygens (including phenoxy) is 2. The fourth-order valence-electron chi connectivity index (χ4n) is 2.02. The Morgan fingerprint density at radius 1 is 1.24 bits per heavy atom. The molecule has 0 saturated carbocycles. The molecule has 1 heterocycles. The molecular formula is C14H16ClN3O3. The topological polar surface area (TPSA) is 76.2 Å². The van der Waals surface area contributed by atoms with Gasteiger partial charge < -0.3 is 14.8 Å². The SMILES string of the molecule is COc1cc(Cl)c(NC(=O)c2c(C)n[nH]c2C)cc1OC. The molecule has 1 amide bonds. The molecule has 2 N–H and O–H groups in total. The largest absolute Gasteiger partial charge is 0.493 e. The van der Waals surface area contributed by atoms with Gasteiger partial charge in [-0.3, -0.25) is 9.89 Å². The third-order valence-corrected chi connectivity index (χ3v) is 3.39. The lowest BCUT2D eigenvalue weighted by Gasteiger charge is -2.12. The van der Waals surface area contributed by atoms with Crippen LogP contribution in [0.25, 0.3) is 0 Å². The quantitative estimate of drug-likeness (QED) is 0.910. The van der Waals surface area contributed by atoms with E-state index in [0.29, 0.717) is 39.2 Å². The minimum atomic E-state index is -0.284. The summed E-state index contributed by atoms with van der Waals surface area (Å²) in [6.45, 7) is 3.54. The summed E-state index contributed by atoms with van der Waals surface area (Å²) < 4.78 is 10.3. The first-order valence-corrected chi connectivity index (χ1v) is 6.60. The van der Waals surface area contributed by atoms with Crippen molar-refractivity contribution in [3.8, 4) is 11.5 Å². The Morgan fingerprint density at radius 2 is 1.86 bits per heavy atom. The Labute approximate surface area is 127 Å². The summed E-state index contributed by atoms with van der Waals surface area (Å²) >= 11 is 6.15. The highest BCUT2D eigenvalue weighted by atomic mass is 35.5. The number of amides is 1. The first-order chi connectivity index (χ1) is 9.97. The molecule has 1 aromatic carbocycles. The minimum Gasteiger partial charge on any atom is -0.493 e. The van der Waals surface area contributed by atoms with Gasteiger partial charge in [0, 0.05) is 17.8 Å². The van der Waals surface area contributed by atoms with E-state index in [-0.39, 0.29) is 5.91 Å². The molecule has 0 atom stereocenters. The number of nitrogens with zero attached hydrogens (tertiary/aromatic N) is 1. The van der Waals surface area contributed by atoms with Crippen LogP contribution in [0.15, 0.2) is 12.1 Å². The highest BCUT2D eigenvalue weighted by Crippen LogP contribution is 2.36. The van der Waals surface area contributed by atoms with Crippen molar-refractivity contribution in [1.29, 1.82) is 0 Å². The number of H-pyrrole nitrogens is 1. The van der Waals surface area contributed by atoms with Gasteiger partial charge in [-0.25, -0.2) is 0 Å². The fourth-order valence-corrected chi connectivity index (χ4v) is 2.22. The lowest BCUT2D eigenvalue weighted by Crippen LogP contribution is -2.14. The molecule has 21 heavy (non-hydrogen) atoms. The molecule has 0 radical (unpaired) electrons. The second-order valence-electron chi connectivity index (χ2n) is 4.45. The molecule has 0 spiro atoms. The fraction of sp³-hybridized carbons (Fsp3) is 0.286. The number of anilines is 1. The normalized spacial score (nSPS) is 10.3. The van der Waals surface area contributed by atoms with E-state index in [0.717, 1.165) is 0 Å². The molecule has 0 unspecified atom stereocenters. The zero-order chi connectivity index (χ0) is 15.6. The van der Waals surface area contributed by atoms with E-state index in [1.54, 1.807) is 26.0 Å². The Morgan fingerprint density at radius 3 is 2.38 bits per heavy atom. The number of aromatic nitrogens is 2. The molecule has 2 aromatic rings. The van der Waals surface area contributed by atoms with E-state index in [4.69, 9.17) is 21.1 Å². The van der Waals surface area contributed by atoms with Gasteiger partial charge in [0.15, 0.2) is 11.5 Å². The maximum atomic E-state index is 12.3. The molecule has 6 nitrogen and oxygen atoms in total. The predicted octanol–water partition coefficient (Wildman–Crippen LogP) is 2.95. The molecule has 2 rings (SSSR count). The maximum Gasteiger partial charge on any atom is 0.259 e. The Bertz CT molecular complexity index is 663. The first kappa shape index (κ1) is 15.2. The lowest BCUT2D eigenvalue weighted by molar-refractivity contribution is 0.102. The summed E-state index contributed by atoms with van der Waals surface area (Å²) in [4.78, 5) is 12.3. The molecule has 0 bridgehead atoms. The van der Waals surface area contributed by atoms with E-state index < -0.39 is 0 Å². The molecule has 0 fully saturated rings. The van der Waals surface area contributed by atoms with E-state index >= 15 is 0 Å². The number of benzene rings is 1. The van der Waals surface area contributed by atoms with Crippen molar-refractivity contribution in [3.63, 3.8) is 0 Å². The number of hydrogen-bond acceptors (Lipinski definition) is 4. The van der Waals surface area contributed by atoms with Gasteiger partial charge in [0.05, 0.1) is 36.2 Å². The van der Waals surface area contributed by atoms with Gasteiger partial charge in [0.25, 0.3) is 5.91 Å². The van der Waals surface area contributed by atoms with Crippen molar-refractivity contribution in [2.45, 2.75) is 13.8 Å². The van der Waals surface area contributed by atoms with E-state index in [9.17, 15) is 4.79 Å². The molecule has 112 valence electrons. The van der Waals surface area contributed by atoms with Gasteiger partial charge in [-0.2, -0.15) is 5.10 Å². The molecule has 0 aliphatic heterocycles. The number of aryl methyl sites for hydroxylation is 2. The number of nitrogens with one attached hydrogen (secondary N) is 2. The standard InChI is InChI=1S/C14H16ClN3O3/c1-7-13(8(2)18-17-7)14(19)16-10-6-12(21-4)11(20-3)5-9(10)15/h5-6H,1-4H3,(H,16,19)(H,17,18). The van der Waals surface area contributed by atoms with Crippen LogP contribution >= 0.6 is 11.6 Å². The van der Waals surface area contributed by atoms with Gasteiger partial charge in [-0.15, -0.1) is 0 Å². The van der Waals surface area contributed by atoms with E-state index in [1.807, 2.05) is 0 Å². The number of hydrogen-bond donors (Lipinski definition) is 2. The number of carbonyl (C=O) groups is 1. The van der Waals surface area contributed by atoms with Crippen LogP contribution in [0.1, 0.15) is 21.7 Å². The highest BCUT2D eigenvalue weighted by molar-refractivity contribution is 6.34. The molecular weight excluding hydrogens is 294 g/mol. The number of rotatable bonds is 4. The Kier molecular flexibility index (Phi) is 4.37. The summed E-state index contributed by atoms with van der Waals surface area (Å²) in [6.07, 6.45) is 0.